The number of thiophene rings is 1. The molecule has 0 N–H and O–H groups in total. The SMILES string of the molecule is c1ccc(-c2ccc(-c3nc(-c4ccccc4)nc(-c4cc(-c5ccc6c(c5)ncc5ccccc56)cc5c4sc4ccccc45)n3)cc2)cc1. The zero-order chi connectivity index (χ0) is 33.7. The van der Waals surface area contributed by atoms with E-state index in [1.54, 1.807) is 11.3 Å². The van der Waals surface area contributed by atoms with E-state index in [0.29, 0.717) is 17.5 Å². The van der Waals surface area contributed by atoms with Crippen molar-refractivity contribution < 1.29 is 0 Å². The summed E-state index contributed by atoms with van der Waals surface area (Å²) in [6, 6.07) is 57.3. The zero-order valence-electron chi connectivity index (χ0n) is 27.4. The molecule has 0 unspecified atom stereocenters. The van der Waals surface area contributed by atoms with Crippen molar-refractivity contribution in [2.45, 2.75) is 0 Å². The van der Waals surface area contributed by atoms with Crippen LogP contribution >= 0.6 is 11.3 Å². The molecule has 7 aromatic carbocycles. The predicted octanol–water partition coefficient (Wildman–Crippen LogP) is 12.3. The van der Waals surface area contributed by atoms with Gasteiger partial charge in [0.25, 0.3) is 0 Å². The van der Waals surface area contributed by atoms with Gasteiger partial charge in [0, 0.05) is 53.8 Å². The molecule has 0 aliphatic heterocycles. The second-order valence-corrected chi connectivity index (χ2v) is 13.7. The van der Waals surface area contributed by atoms with Gasteiger partial charge >= 0.3 is 0 Å². The molecule has 0 saturated carbocycles. The molecule has 0 bridgehead atoms. The Morgan fingerprint density at radius 3 is 1.75 bits per heavy atom. The lowest BCUT2D eigenvalue weighted by atomic mass is 9.97. The van der Waals surface area contributed by atoms with Crippen LogP contribution in [0.3, 0.4) is 0 Å². The highest BCUT2D eigenvalue weighted by molar-refractivity contribution is 7.26. The Morgan fingerprint density at radius 1 is 0.373 bits per heavy atom. The van der Waals surface area contributed by atoms with Crippen LogP contribution < -0.4 is 0 Å². The molecular formula is C46H28N4S. The first-order valence-electron chi connectivity index (χ1n) is 17.0. The molecule has 4 nitrogen and oxygen atoms in total. The van der Waals surface area contributed by atoms with Gasteiger partial charge < -0.3 is 0 Å². The van der Waals surface area contributed by atoms with Gasteiger partial charge in [-0.25, -0.2) is 15.0 Å². The Hall–Kier alpha value is -6.56. The van der Waals surface area contributed by atoms with Crippen LogP contribution in [0.15, 0.2) is 170 Å². The molecule has 0 saturated heterocycles. The van der Waals surface area contributed by atoms with E-state index in [9.17, 15) is 0 Å². The van der Waals surface area contributed by atoms with E-state index in [-0.39, 0.29) is 0 Å². The second-order valence-electron chi connectivity index (χ2n) is 12.7. The zero-order valence-corrected chi connectivity index (χ0v) is 28.2. The Balaban J connectivity index is 1.19. The molecule has 0 atom stereocenters. The van der Waals surface area contributed by atoms with Crippen LogP contribution in [-0.4, -0.2) is 19.9 Å². The number of hydrogen-bond acceptors (Lipinski definition) is 5. The van der Waals surface area contributed by atoms with Crippen LogP contribution in [-0.2, 0) is 0 Å². The van der Waals surface area contributed by atoms with Crippen molar-refractivity contribution >= 4 is 53.2 Å². The quantitative estimate of drug-likeness (QED) is 0.171. The summed E-state index contributed by atoms with van der Waals surface area (Å²) < 4.78 is 2.38. The summed E-state index contributed by atoms with van der Waals surface area (Å²) in [5.41, 5.74) is 8.34. The fourth-order valence-electron chi connectivity index (χ4n) is 6.98. The van der Waals surface area contributed by atoms with Crippen molar-refractivity contribution in [1.29, 1.82) is 0 Å². The molecule has 10 rings (SSSR count). The highest BCUT2D eigenvalue weighted by Crippen LogP contribution is 2.43. The van der Waals surface area contributed by atoms with Crippen molar-refractivity contribution in [3.63, 3.8) is 0 Å². The number of nitrogens with zero attached hydrogens (tertiary/aromatic N) is 4. The van der Waals surface area contributed by atoms with Crippen LogP contribution in [0.5, 0.6) is 0 Å². The Kier molecular flexibility index (Phi) is 6.96. The summed E-state index contributed by atoms with van der Waals surface area (Å²) in [7, 11) is 0. The number of rotatable bonds is 5. The van der Waals surface area contributed by atoms with Gasteiger partial charge in [0.1, 0.15) is 0 Å². The number of fused-ring (bicyclic) bond motifs is 6. The smallest absolute Gasteiger partial charge is 0.165 e. The number of pyridine rings is 1. The summed E-state index contributed by atoms with van der Waals surface area (Å²) in [5, 5.41) is 5.90. The maximum atomic E-state index is 5.21. The molecule has 0 aliphatic rings. The van der Waals surface area contributed by atoms with Gasteiger partial charge in [-0.05, 0) is 51.9 Å². The van der Waals surface area contributed by atoms with Crippen molar-refractivity contribution in [3.8, 4) is 56.4 Å². The number of hydrogen-bond donors (Lipinski definition) is 0. The van der Waals surface area contributed by atoms with Crippen molar-refractivity contribution in [3.05, 3.63) is 170 Å². The highest BCUT2D eigenvalue weighted by Gasteiger charge is 2.19. The van der Waals surface area contributed by atoms with Crippen LogP contribution in [0.25, 0.3) is 98.3 Å². The Bertz CT molecular complexity index is 2900. The molecular weight excluding hydrogens is 641 g/mol. The highest BCUT2D eigenvalue weighted by atomic mass is 32.1. The summed E-state index contributed by atoms with van der Waals surface area (Å²) in [6.07, 6.45) is 1.96. The van der Waals surface area contributed by atoms with Crippen LogP contribution in [0.1, 0.15) is 0 Å². The lowest BCUT2D eigenvalue weighted by molar-refractivity contribution is 1.08. The molecule has 0 spiro atoms. The normalized spacial score (nSPS) is 11.5. The van der Waals surface area contributed by atoms with E-state index in [1.807, 2.05) is 30.5 Å². The van der Waals surface area contributed by atoms with E-state index in [0.717, 1.165) is 54.4 Å². The molecule has 0 amide bonds. The molecule has 3 aromatic heterocycles. The Morgan fingerprint density at radius 2 is 0.961 bits per heavy atom. The van der Waals surface area contributed by atoms with Gasteiger partial charge in [0.2, 0.25) is 0 Å². The summed E-state index contributed by atoms with van der Waals surface area (Å²) in [6.45, 7) is 0. The van der Waals surface area contributed by atoms with E-state index in [2.05, 4.69) is 140 Å². The molecule has 10 aromatic rings. The van der Waals surface area contributed by atoms with Gasteiger partial charge in [0.05, 0.1) is 5.52 Å². The van der Waals surface area contributed by atoms with Gasteiger partial charge in [-0.15, -0.1) is 11.3 Å². The third-order valence-corrected chi connectivity index (χ3v) is 10.8. The fourth-order valence-corrected chi connectivity index (χ4v) is 8.18. The van der Waals surface area contributed by atoms with Gasteiger partial charge in [-0.1, -0.05) is 140 Å². The van der Waals surface area contributed by atoms with Gasteiger partial charge in [-0.2, -0.15) is 0 Å². The molecule has 0 fully saturated rings. The van der Waals surface area contributed by atoms with Gasteiger partial charge in [0.15, 0.2) is 17.5 Å². The van der Waals surface area contributed by atoms with Crippen LogP contribution in [0.2, 0.25) is 0 Å². The summed E-state index contributed by atoms with van der Waals surface area (Å²) >= 11 is 1.78. The summed E-state index contributed by atoms with van der Waals surface area (Å²) in [4.78, 5) is 20.3. The Labute approximate surface area is 298 Å². The molecule has 5 heteroatoms. The number of aromatic nitrogens is 4. The van der Waals surface area contributed by atoms with E-state index in [1.165, 1.54) is 26.4 Å². The third-order valence-electron chi connectivity index (χ3n) is 9.56. The molecule has 0 radical (unpaired) electrons. The minimum atomic E-state index is 0.639. The van der Waals surface area contributed by atoms with Crippen molar-refractivity contribution in [2.24, 2.45) is 0 Å². The monoisotopic (exact) mass is 668 g/mol. The minimum Gasteiger partial charge on any atom is -0.256 e. The average molecular weight is 669 g/mol. The third kappa shape index (κ3) is 5.23. The minimum absolute atomic E-state index is 0.639. The van der Waals surface area contributed by atoms with E-state index < -0.39 is 0 Å². The topological polar surface area (TPSA) is 51.6 Å². The predicted molar refractivity (Wildman–Crippen MR) is 213 cm³/mol. The number of benzene rings is 7. The molecule has 51 heavy (non-hydrogen) atoms. The van der Waals surface area contributed by atoms with E-state index in [4.69, 9.17) is 19.9 Å². The maximum absolute atomic E-state index is 5.21. The molecule has 3 heterocycles. The standard InChI is InChI=1S/C46H28N4S/c1-3-11-29(12-4-1)30-19-21-32(22-20-30)45-48-44(31-13-5-2-6-14-31)49-46(50-45)40-26-35(25-39-38-17-9-10-18-42(38)51-43(39)40)33-23-24-37-36-16-8-7-15-34(36)28-47-41(37)27-33/h1-28H. The second kappa shape index (κ2) is 12.1. The lowest BCUT2D eigenvalue weighted by Crippen LogP contribution is -2.00. The van der Waals surface area contributed by atoms with Crippen LogP contribution in [0, 0.1) is 0 Å². The first kappa shape index (κ1) is 29.4. The van der Waals surface area contributed by atoms with Crippen molar-refractivity contribution in [2.75, 3.05) is 0 Å². The fraction of sp³-hybridized carbons (Fsp3) is 0. The van der Waals surface area contributed by atoms with Crippen molar-refractivity contribution in [1.82, 2.24) is 19.9 Å². The van der Waals surface area contributed by atoms with Crippen LogP contribution in [0.4, 0.5) is 0 Å². The summed E-state index contributed by atoms with van der Waals surface area (Å²) in [5.74, 6) is 1.93. The molecule has 0 aliphatic carbocycles. The first-order valence-corrected chi connectivity index (χ1v) is 17.8. The largest absolute Gasteiger partial charge is 0.256 e. The average Bonchev–Trinajstić information content (AvgIpc) is 3.59. The molecule has 238 valence electrons. The van der Waals surface area contributed by atoms with Gasteiger partial charge in [-0.3, -0.25) is 4.98 Å². The lowest BCUT2D eigenvalue weighted by Gasteiger charge is -2.12. The maximum Gasteiger partial charge on any atom is 0.165 e. The van der Waals surface area contributed by atoms with E-state index >= 15 is 0 Å². The first-order chi connectivity index (χ1) is 25.2.